The molecule has 1 aromatic heterocycles. The fourth-order valence-electron chi connectivity index (χ4n) is 3.43. The lowest BCUT2D eigenvalue weighted by Gasteiger charge is -2.19. The number of hydrogen-bond acceptors (Lipinski definition) is 6. The molecule has 0 spiro atoms. The van der Waals surface area contributed by atoms with Crippen molar-refractivity contribution >= 4 is 44.6 Å². The van der Waals surface area contributed by atoms with Crippen LogP contribution in [0.5, 0.6) is 5.75 Å². The summed E-state index contributed by atoms with van der Waals surface area (Å²) in [5, 5.41) is 5.73. The summed E-state index contributed by atoms with van der Waals surface area (Å²) in [5.41, 5.74) is 1.47. The molecule has 0 atom stereocenters. The first-order chi connectivity index (χ1) is 15.4. The van der Waals surface area contributed by atoms with Gasteiger partial charge in [-0.15, -0.1) is 11.3 Å². The van der Waals surface area contributed by atoms with E-state index in [-0.39, 0.29) is 16.3 Å². The molecule has 1 fully saturated rings. The maximum absolute atomic E-state index is 13.1. The van der Waals surface area contributed by atoms with E-state index in [4.69, 9.17) is 16.3 Å². The number of anilines is 1. The zero-order chi connectivity index (χ0) is 22.7. The van der Waals surface area contributed by atoms with Crippen LogP contribution in [0.1, 0.15) is 30.3 Å². The van der Waals surface area contributed by atoms with Gasteiger partial charge in [0.1, 0.15) is 21.3 Å². The SMILES string of the molecule is CCOc1ccc(NC(=O)c2csc(-c3ccc(Cl)cc3)n2)cc1S(=O)(=O)N1CCCC1. The molecule has 168 valence electrons. The van der Waals surface area contributed by atoms with E-state index >= 15 is 0 Å². The Labute approximate surface area is 196 Å². The fraction of sp³-hybridized carbons (Fsp3) is 0.273. The van der Waals surface area contributed by atoms with Crippen LogP contribution in [0.4, 0.5) is 5.69 Å². The summed E-state index contributed by atoms with van der Waals surface area (Å²) in [4.78, 5) is 17.2. The molecule has 10 heteroatoms. The second-order valence-corrected chi connectivity index (χ2v) is 10.4. The number of carbonyl (C=O) groups is 1. The Balaban J connectivity index is 1.58. The average molecular weight is 492 g/mol. The van der Waals surface area contributed by atoms with Crippen molar-refractivity contribution in [1.29, 1.82) is 0 Å². The minimum Gasteiger partial charge on any atom is -0.492 e. The Kier molecular flexibility index (Phi) is 6.80. The van der Waals surface area contributed by atoms with E-state index in [1.54, 1.807) is 36.6 Å². The van der Waals surface area contributed by atoms with Crippen LogP contribution >= 0.6 is 22.9 Å². The molecule has 7 nitrogen and oxygen atoms in total. The normalized spacial score (nSPS) is 14.4. The van der Waals surface area contributed by atoms with Crippen LogP contribution in [-0.4, -0.2) is 43.3 Å². The van der Waals surface area contributed by atoms with Crippen LogP contribution in [0.3, 0.4) is 0 Å². The van der Waals surface area contributed by atoms with Gasteiger partial charge in [-0.25, -0.2) is 13.4 Å². The zero-order valence-corrected chi connectivity index (χ0v) is 19.8. The molecule has 0 saturated carbocycles. The van der Waals surface area contributed by atoms with Gasteiger partial charge < -0.3 is 10.1 Å². The standard InChI is InChI=1S/C22H22ClN3O4S2/c1-2-30-19-10-9-17(13-20(19)32(28,29)26-11-3-4-12-26)24-21(27)18-14-31-22(25-18)15-5-7-16(23)8-6-15/h5-10,13-14H,2-4,11-12H2,1H3,(H,24,27). The molecule has 1 N–H and O–H groups in total. The maximum atomic E-state index is 13.1. The fourth-order valence-corrected chi connectivity index (χ4v) is 6.03. The van der Waals surface area contributed by atoms with Crippen molar-refractivity contribution in [2.45, 2.75) is 24.7 Å². The first kappa shape index (κ1) is 22.7. The summed E-state index contributed by atoms with van der Waals surface area (Å²) >= 11 is 7.27. The third kappa shape index (κ3) is 4.80. The van der Waals surface area contributed by atoms with Gasteiger partial charge in [0.15, 0.2) is 0 Å². The lowest BCUT2D eigenvalue weighted by Crippen LogP contribution is -2.28. The van der Waals surface area contributed by atoms with Gasteiger partial charge in [0.2, 0.25) is 10.0 Å². The number of nitrogens with one attached hydrogen (secondary N) is 1. The molecule has 2 heterocycles. The predicted molar refractivity (Wildman–Crippen MR) is 126 cm³/mol. The van der Waals surface area contributed by atoms with E-state index < -0.39 is 15.9 Å². The number of benzene rings is 2. The third-order valence-electron chi connectivity index (χ3n) is 5.01. The Morgan fingerprint density at radius 1 is 1.19 bits per heavy atom. The first-order valence-corrected chi connectivity index (χ1v) is 12.9. The summed E-state index contributed by atoms with van der Waals surface area (Å²) in [6.45, 7) is 3.09. The molecule has 0 unspecified atom stereocenters. The molecule has 1 saturated heterocycles. The topological polar surface area (TPSA) is 88.6 Å². The van der Waals surface area contributed by atoms with E-state index in [2.05, 4.69) is 10.3 Å². The quantitative estimate of drug-likeness (QED) is 0.507. The number of amides is 1. The van der Waals surface area contributed by atoms with Crippen molar-refractivity contribution in [3.05, 3.63) is 58.6 Å². The van der Waals surface area contributed by atoms with Crippen molar-refractivity contribution in [1.82, 2.24) is 9.29 Å². The molecule has 1 amide bonds. The van der Waals surface area contributed by atoms with Crippen molar-refractivity contribution in [2.24, 2.45) is 0 Å². The molecule has 4 rings (SSSR count). The van der Waals surface area contributed by atoms with E-state index in [1.165, 1.54) is 21.7 Å². The molecular weight excluding hydrogens is 470 g/mol. The molecule has 1 aliphatic heterocycles. The van der Waals surface area contributed by atoms with E-state index in [1.807, 2.05) is 12.1 Å². The van der Waals surface area contributed by atoms with E-state index in [9.17, 15) is 13.2 Å². The zero-order valence-electron chi connectivity index (χ0n) is 17.4. The maximum Gasteiger partial charge on any atom is 0.275 e. The highest BCUT2D eigenvalue weighted by molar-refractivity contribution is 7.89. The molecule has 0 aliphatic carbocycles. The lowest BCUT2D eigenvalue weighted by molar-refractivity contribution is 0.102. The number of rotatable bonds is 7. The number of hydrogen-bond donors (Lipinski definition) is 1. The molecule has 32 heavy (non-hydrogen) atoms. The lowest BCUT2D eigenvalue weighted by atomic mass is 10.2. The minimum absolute atomic E-state index is 0.0548. The van der Waals surface area contributed by atoms with Crippen molar-refractivity contribution < 1.29 is 17.9 Å². The highest BCUT2D eigenvalue weighted by Crippen LogP contribution is 2.32. The Bertz CT molecular complexity index is 1220. The molecular formula is C22H22ClN3O4S2. The average Bonchev–Trinajstić information content (AvgIpc) is 3.48. The summed E-state index contributed by atoms with van der Waals surface area (Å²) in [6, 6.07) is 11.8. The monoisotopic (exact) mass is 491 g/mol. The van der Waals surface area contributed by atoms with Gasteiger partial charge in [-0.05, 0) is 50.1 Å². The number of carbonyl (C=O) groups excluding carboxylic acids is 1. The van der Waals surface area contributed by atoms with Gasteiger partial charge in [0.05, 0.1) is 6.61 Å². The van der Waals surface area contributed by atoms with Crippen molar-refractivity contribution in [3.63, 3.8) is 0 Å². The van der Waals surface area contributed by atoms with Crippen molar-refractivity contribution in [2.75, 3.05) is 25.0 Å². The van der Waals surface area contributed by atoms with Gasteiger partial charge >= 0.3 is 0 Å². The van der Waals surface area contributed by atoms with Crippen LogP contribution in [0.15, 0.2) is 52.7 Å². The van der Waals surface area contributed by atoms with E-state index in [0.717, 1.165) is 18.4 Å². The number of aromatic nitrogens is 1. The number of halogens is 1. The third-order valence-corrected chi connectivity index (χ3v) is 8.08. The van der Waals surface area contributed by atoms with Gasteiger partial charge in [0.25, 0.3) is 5.91 Å². The Hall–Kier alpha value is -2.46. The second-order valence-electron chi connectivity index (χ2n) is 7.20. The number of ether oxygens (including phenoxy) is 1. The van der Waals surface area contributed by atoms with Crippen LogP contribution in [0.2, 0.25) is 5.02 Å². The summed E-state index contributed by atoms with van der Waals surface area (Å²) < 4.78 is 33.3. The second kappa shape index (κ2) is 9.58. The Morgan fingerprint density at radius 3 is 2.59 bits per heavy atom. The minimum atomic E-state index is -3.72. The van der Waals surface area contributed by atoms with Gasteiger partial charge in [0, 0.05) is 34.7 Å². The molecule has 3 aromatic rings. The number of nitrogens with zero attached hydrogens (tertiary/aromatic N) is 2. The molecule has 2 aromatic carbocycles. The summed E-state index contributed by atoms with van der Waals surface area (Å²) in [7, 11) is -3.72. The summed E-state index contributed by atoms with van der Waals surface area (Å²) in [6.07, 6.45) is 1.67. The highest BCUT2D eigenvalue weighted by atomic mass is 35.5. The van der Waals surface area contributed by atoms with Crippen LogP contribution in [-0.2, 0) is 10.0 Å². The number of thiazole rings is 1. The van der Waals surface area contributed by atoms with Gasteiger partial charge in [-0.2, -0.15) is 4.31 Å². The number of sulfonamides is 1. The van der Waals surface area contributed by atoms with Gasteiger partial charge in [-0.1, -0.05) is 23.7 Å². The highest BCUT2D eigenvalue weighted by Gasteiger charge is 2.30. The smallest absolute Gasteiger partial charge is 0.275 e. The largest absolute Gasteiger partial charge is 0.492 e. The summed E-state index contributed by atoms with van der Waals surface area (Å²) in [5.74, 6) is -0.147. The van der Waals surface area contributed by atoms with Gasteiger partial charge in [-0.3, -0.25) is 4.79 Å². The van der Waals surface area contributed by atoms with E-state index in [0.29, 0.717) is 35.4 Å². The van der Waals surface area contributed by atoms with Crippen LogP contribution in [0, 0.1) is 0 Å². The molecule has 0 radical (unpaired) electrons. The molecule has 0 bridgehead atoms. The first-order valence-electron chi connectivity index (χ1n) is 10.2. The van der Waals surface area contributed by atoms with Crippen molar-refractivity contribution in [3.8, 4) is 16.3 Å². The molecule has 1 aliphatic rings. The van der Waals surface area contributed by atoms with Crippen LogP contribution < -0.4 is 10.1 Å². The van der Waals surface area contributed by atoms with Crippen LogP contribution in [0.25, 0.3) is 10.6 Å². The Morgan fingerprint density at radius 2 is 1.91 bits per heavy atom. The predicted octanol–water partition coefficient (Wildman–Crippen LogP) is 4.90.